The van der Waals surface area contributed by atoms with Gasteiger partial charge in [0.15, 0.2) is 0 Å². The molecule has 3 aromatic heterocycles. The number of nitrogens with zero attached hydrogens (tertiary/aromatic N) is 2. The number of benzene rings is 4. The van der Waals surface area contributed by atoms with Gasteiger partial charge in [0.2, 0.25) is 0 Å². The summed E-state index contributed by atoms with van der Waals surface area (Å²) in [6.45, 7) is 0. The number of halogens is 1. The first-order valence-corrected chi connectivity index (χ1v) is 16.8. The van der Waals surface area contributed by atoms with Crippen molar-refractivity contribution in [3.8, 4) is 22.5 Å². The van der Waals surface area contributed by atoms with Crippen LogP contribution in [0.3, 0.4) is 0 Å². The maximum atomic E-state index is 13.5. The minimum absolute atomic E-state index is 0. The molecule has 3 nitrogen and oxygen atoms in total. The zero-order valence-corrected chi connectivity index (χ0v) is 27.9. The van der Waals surface area contributed by atoms with Crippen molar-refractivity contribution < 1.29 is 28.9 Å². The predicted octanol–water partition coefficient (Wildman–Crippen LogP) is 9.78. The van der Waals surface area contributed by atoms with Crippen LogP contribution in [-0.2, 0) is 26.5 Å². The second-order valence-corrected chi connectivity index (χ2v) is 15.2. The molecule has 0 bridgehead atoms. The summed E-state index contributed by atoms with van der Waals surface area (Å²) in [5.74, 6) is -0.303. The third-order valence-corrected chi connectivity index (χ3v) is 8.81. The van der Waals surface area contributed by atoms with Gasteiger partial charge in [0.1, 0.15) is 11.4 Å². The predicted molar refractivity (Wildman–Crippen MR) is 177 cm³/mol. The molecule has 0 unspecified atom stereocenters. The van der Waals surface area contributed by atoms with Crippen LogP contribution in [0, 0.1) is 17.9 Å². The Bertz CT molecular complexity index is 1990. The average molecular weight is 775 g/mol. The summed E-state index contributed by atoms with van der Waals surface area (Å²) < 4.78 is 19.4. The number of rotatable bonds is 5. The zero-order chi connectivity index (χ0) is 29.8. The number of hydrogen-bond donors (Lipinski definition) is 0. The first kappa shape index (κ1) is 31.3. The Kier molecular flexibility index (Phi) is 9.75. The fraction of sp³-hybridized carbons (Fsp3) is 0.105. The smallest absolute Gasteiger partial charge is 0.126 e. The molecule has 0 aliphatic rings. The Morgan fingerprint density at radius 3 is 2.25 bits per heavy atom. The molecule has 0 saturated carbocycles. The summed E-state index contributed by atoms with van der Waals surface area (Å²) >= 11 is 0. The first-order valence-electron chi connectivity index (χ1n) is 14.0. The van der Waals surface area contributed by atoms with Crippen LogP contribution < -0.4 is 0 Å². The molecule has 7 aromatic rings. The van der Waals surface area contributed by atoms with Gasteiger partial charge in [-0.25, -0.2) is 14.4 Å². The van der Waals surface area contributed by atoms with E-state index in [2.05, 4.69) is 83.3 Å². The molecule has 0 aliphatic heterocycles. The van der Waals surface area contributed by atoms with E-state index in [9.17, 15) is 4.39 Å². The largest absolute Gasteiger partial charge is 0.500 e. The molecular formula is C38H31FIrN2OS-2. The Morgan fingerprint density at radius 1 is 0.727 bits per heavy atom. The van der Waals surface area contributed by atoms with Crippen molar-refractivity contribution in [1.82, 2.24) is 9.97 Å². The molecule has 0 saturated heterocycles. The molecule has 0 N–H and O–H groups in total. The van der Waals surface area contributed by atoms with E-state index < -0.39 is 10.0 Å². The number of furan rings is 1. The van der Waals surface area contributed by atoms with E-state index in [1.807, 2.05) is 60.9 Å². The molecule has 0 amide bonds. The normalized spacial score (nSPS) is 11.5. The van der Waals surface area contributed by atoms with E-state index in [0.717, 1.165) is 39.7 Å². The number of fused-ring (bicyclic) bond motifs is 3. The van der Waals surface area contributed by atoms with E-state index in [4.69, 9.17) is 4.42 Å². The zero-order valence-electron chi connectivity index (χ0n) is 24.7. The second-order valence-electron chi connectivity index (χ2n) is 11.0. The first-order chi connectivity index (χ1) is 20.8. The summed E-state index contributed by atoms with van der Waals surface area (Å²) in [6, 6.07) is 41.7. The summed E-state index contributed by atoms with van der Waals surface area (Å²) in [5, 5.41) is 1.85. The van der Waals surface area contributed by atoms with Crippen molar-refractivity contribution in [3.05, 3.63) is 151 Å². The summed E-state index contributed by atoms with van der Waals surface area (Å²) in [6.07, 6.45) is 11.4. The fourth-order valence-corrected chi connectivity index (χ4v) is 5.77. The van der Waals surface area contributed by atoms with Gasteiger partial charge in [-0.05, 0) is 60.3 Å². The number of aromatic nitrogens is 2. The molecule has 1 radical (unpaired) electrons. The van der Waals surface area contributed by atoms with Gasteiger partial charge < -0.3 is 14.4 Å². The Hall–Kier alpha value is -4.09. The number of hydrogen-bond acceptors (Lipinski definition) is 3. The van der Waals surface area contributed by atoms with E-state index in [-0.39, 0.29) is 25.9 Å². The maximum absolute atomic E-state index is 13.5. The van der Waals surface area contributed by atoms with Gasteiger partial charge in [0.05, 0.1) is 5.58 Å². The van der Waals surface area contributed by atoms with Crippen molar-refractivity contribution in [1.29, 1.82) is 0 Å². The van der Waals surface area contributed by atoms with Crippen molar-refractivity contribution in [2.24, 2.45) is 0 Å². The Morgan fingerprint density at radius 2 is 1.52 bits per heavy atom. The van der Waals surface area contributed by atoms with E-state index in [1.165, 1.54) is 28.2 Å². The van der Waals surface area contributed by atoms with Gasteiger partial charge in [-0.15, -0.1) is 53.6 Å². The van der Waals surface area contributed by atoms with Crippen LogP contribution >= 0.6 is 10.0 Å². The van der Waals surface area contributed by atoms with Crippen LogP contribution in [0.5, 0.6) is 0 Å². The standard InChI is InChI=1S/C20H17FNOS.C18H14N.Ir/c1-24(2,3)14-8-10-18(22-12-14)17-6-4-5-16-15-9-7-13(21)11-19(15)23-20(16)17;1-2-7-15(8-3-1)13-16-9-6-10-17(14-16)18-11-4-5-12-19-18;/h4-5,7-12H,1-3H3;1-9,11-12,14H,13H2;/q2*-1;. The number of pyridine rings is 2. The third kappa shape index (κ3) is 7.16. The van der Waals surface area contributed by atoms with E-state index in [1.54, 1.807) is 6.07 Å². The molecule has 0 spiro atoms. The van der Waals surface area contributed by atoms with Gasteiger partial charge in [-0.1, -0.05) is 65.5 Å². The molecule has 0 atom stereocenters. The summed E-state index contributed by atoms with van der Waals surface area (Å²) in [4.78, 5) is 10.2. The molecule has 0 aliphatic carbocycles. The molecule has 4 aromatic carbocycles. The van der Waals surface area contributed by atoms with Crippen LogP contribution in [0.2, 0.25) is 0 Å². The summed E-state index contributed by atoms with van der Waals surface area (Å²) in [7, 11) is -0.807. The molecule has 7 rings (SSSR count). The van der Waals surface area contributed by atoms with Crippen LogP contribution in [0.15, 0.2) is 131 Å². The van der Waals surface area contributed by atoms with Crippen molar-refractivity contribution in [3.63, 3.8) is 0 Å². The molecule has 0 fully saturated rings. The third-order valence-electron chi connectivity index (χ3n) is 7.15. The van der Waals surface area contributed by atoms with E-state index >= 15 is 0 Å². The van der Waals surface area contributed by atoms with Gasteiger partial charge in [-0.3, -0.25) is 0 Å². The Balaban J connectivity index is 0.000000175. The molecule has 3 heterocycles. The van der Waals surface area contributed by atoms with Crippen LogP contribution in [-0.4, -0.2) is 28.7 Å². The SMILES string of the molecule is CS(C)(C)c1ccc(-c2[c-]ccc3c2oc2cc(F)ccc23)nc1.[Ir].[c-]1ccc(Cc2ccccc2)cc1-c1ccccn1. The fourth-order valence-electron chi connectivity index (χ4n) is 4.92. The monoisotopic (exact) mass is 775 g/mol. The quantitative estimate of drug-likeness (QED) is 0.164. The summed E-state index contributed by atoms with van der Waals surface area (Å²) in [5.41, 5.74) is 7.48. The molecule has 6 heteroatoms. The minimum atomic E-state index is -0.807. The topological polar surface area (TPSA) is 38.9 Å². The van der Waals surface area contributed by atoms with Gasteiger partial charge >= 0.3 is 0 Å². The van der Waals surface area contributed by atoms with Crippen LogP contribution in [0.4, 0.5) is 4.39 Å². The van der Waals surface area contributed by atoms with Crippen molar-refractivity contribution >= 4 is 32.0 Å². The van der Waals surface area contributed by atoms with Crippen molar-refractivity contribution in [2.45, 2.75) is 11.3 Å². The second kappa shape index (κ2) is 13.7. The maximum Gasteiger partial charge on any atom is 0.126 e. The molecule has 223 valence electrons. The minimum Gasteiger partial charge on any atom is -0.500 e. The van der Waals surface area contributed by atoms with Crippen LogP contribution in [0.1, 0.15) is 11.1 Å². The Labute approximate surface area is 272 Å². The van der Waals surface area contributed by atoms with Crippen LogP contribution in [0.25, 0.3) is 44.5 Å². The molecule has 44 heavy (non-hydrogen) atoms. The van der Waals surface area contributed by atoms with E-state index in [0.29, 0.717) is 11.2 Å². The van der Waals surface area contributed by atoms with Gasteiger partial charge in [0, 0.05) is 48.8 Å². The van der Waals surface area contributed by atoms with Gasteiger partial charge in [0.25, 0.3) is 0 Å². The molecular weight excluding hydrogens is 744 g/mol. The van der Waals surface area contributed by atoms with Crippen molar-refractivity contribution in [2.75, 3.05) is 18.8 Å². The van der Waals surface area contributed by atoms with Gasteiger partial charge in [-0.2, -0.15) is 0 Å². The average Bonchev–Trinajstić information content (AvgIpc) is 3.40.